The Labute approximate surface area is 199 Å². The topological polar surface area (TPSA) is 66.4 Å². The second-order valence-corrected chi connectivity index (χ2v) is 8.25. The number of amides is 1. The molecule has 0 bridgehead atoms. The Morgan fingerprint density at radius 2 is 1.35 bits per heavy atom. The molecule has 0 saturated carbocycles. The zero-order valence-electron chi connectivity index (χ0n) is 19.1. The average Bonchev–Trinajstić information content (AvgIpc) is 2.89. The van der Waals surface area contributed by atoms with Gasteiger partial charge in [0.15, 0.2) is 0 Å². The number of nitrogens with one attached hydrogen (secondary N) is 1. The number of hydrogen-bond donors (Lipinski definition) is 2. The lowest BCUT2D eigenvalue weighted by atomic mass is 9.98. The van der Waals surface area contributed by atoms with E-state index < -0.39 is 12.0 Å². The van der Waals surface area contributed by atoms with Crippen molar-refractivity contribution < 1.29 is 14.7 Å². The number of aliphatic carboxylic acids is 1. The first-order valence-electron chi connectivity index (χ1n) is 11.4. The van der Waals surface area contributed by atoms with E-state index in [-0.39, 0.29) is 12.3 Å². The SMILES string of the molecule is CCc1cccc(-c2cccc(C(=O)NC(CC(=O)O)c3ccc(-c4ccccc4)cc3)c2)c1. The number of carboxylic acids is 1. The molecular weight excluding hydrogens is 422 g/mol. The summed E-state index contributed by atoms with van der Waals surface area (Å²) in [6.07, 6.45) is 0.739. The fourth-order valence-corrected chi connectivity index (χ4v) is 4.02. The lowest BCUT2D eigenvalue weighted by Gasteiger charge is -2.18. The van der Waals surface area contributed by atoms with E-state index in [1.54, 1.807) is 6.07 Å². The number of hydrogen-bond acceptors (Lipinski definition) is 2. The van der Waals surface area contributed by atoms with Crippen LogP contribution in [0.4, 0.5) is 0 Å². The number of aryl methyl sites for hydroxylation is 1. The standard InChI is InChI=1S/C30H27NO3/c1-2-21-8-6-11-25(18-21)26-12-7-13-27(19-26)30(34)31-28(20-29(32)33)24-16-14-23(15-17-24)22-9-4-3-5-10-22/h3-19,28H,2,20H2,1H3,(H,31,34)(H,32,33). The van der Waals surface area contributed by atoms with Gasteiger partial charge in [-0.3, -0.25) is 9.59 Å². The fraction of sp³-hybridized carbons (Fsp3) is 0.133. The van der Waals surface area contributed by atoms with Crippen LogP contribution in [0.25, 0.3) is 22.3 Å². The van der Waals surface area contributed by atoms with Gasteiger partial charge in [-0.25, -0.2) is 0 Å². The number of carboxylic acid groups (broad SMARTS) is 1. The van der Waals surface area contributed by atoms with Gasteiger partial charge in [0.2, 0.25) is 0 Å². The Morgan fingerprint density at radius 3 is 2.03 bits per heavy atom. The van der Waals surface area contributed by atoms with Crippen molar-refractivity contribution in [3.05, 3.63) is 120 Å². The molecule has 4 heteroatoms. The summed E-state index contributed by atoms with van der Waals surface area (Å²) in [5, 5.41) is 12.4. The highest BCUT2D eigenvalue weighted by Gasteiger charge is 2.19. The number of carbonyl (C=O) groups excluding carboxylic acids is 1. The molecule has 1 atom stereocenters. The van der Waals surface area contributed by atoms with Gasteiger partial charge in [-0.15, -0.1) is 0 Å². The third kappa shape index (κ3) is 5.59. The Morgan fingerprint density at radius 1 is 0.735 bits per heavy atom. The molecule has 4 nitrogen and oxygen atoms in total. The van der Waals surface area contributed by atoms with Crippen LogP contribution in [0.2, 0.25) is 0 Å². The van der Waals surface area contributed by atoms with Crippen LogP contribution >= 0.6 is 0 Å². The van der Waals surface area contributed by atoms with Crippen LogP contribution < -0.4 is 5.32 Å². The van der Waals surface area contributed by atoms with E-state index in [2.05, 4.69) is 24.4 Å². The highest BCUT2D eigenvalue weighted by molar-refractivity contribution is 5.96. The smallest absolute Gasteiger partial charge is 0.305 e. The van der Waals surface area contributed by atoms with E-state index in [0.29, 0.717) is 5.56 Å². The van der Waals surface area contributed by atoms with Gasteiger partial charge in [-0.05, 0) is 51.9 Å². The summed E-state index contributed by atoms with van der Waals surface area (Å²) in [6.45, 7) is 2.11. The second-order valence-electron chi connectivity index (χ2n) is 8.25. The monoisotopic (exact) mass is 449 g/mol. The van der Waals surface area contributed by atoms with Gasteiger partial charge in [-0.1, -0.05) is 97.9 Å². The predicted octanol–water partition coefficient (Wildman–Crippen LogP) is 6.53. The van der Waals surface area contributed by atoms with Gasteiger partial charge >= 0.3 is 5.97 Å². The molecule has 0 aliphatic rings. The van der Waals surface area contributed by atoms with Crippen molar-refractivity contribution in [2.75, 3.05) is 0 Å². The molecular formula is C30H27NO3. The summed E-state index contributed by atoms with van der Waals surface area (Å²) in [5.74, 6) is -1.27. The van der Waals surface area contributed by atoms with E-state index in [1.165, 1.54) is 5.56 Å². The molecule has 0 spiro atoms. The molecule has 0 aromatic heterocycles. The molecule has 0 aliphatic carbocycles. The van der Waals surface area contributed by atoms with Crippen LogP contribution in [0.5, 0.6) is 0 Å². The average molecular weight is 450 g/mol. The van der Waals surface area contributed by atoms with Crippen LogP contribution in [0.1, 0.15) is 40.9 Å². The molecule has 0 heterocycles. The first kappa shape index (κ1) is 23.0. The Bertz CT molecular complexity index is 1280. The molecule has 1 amide bonds. The first-order valence-corrected chi connectivity index (χ1v) is 11.4. The third-order valence-electron chi connectivity index (χ3n) is 5.90. The van der Waals surface area contributed by atoms with Crippen molar-refractivity contribution in [1.82, 2.24) is 5.32 Å². The first-order chi connectivity index (χ1) is 16.5. The highest BCUT2D eigenvalue weighted by atomic mass is 16.4. The number of benzene rings is 4. The maximum atomic E-state index is 13.1. The summed E-state index contributed by atoms with van der Waals surface area (Å²) < 4.78 is 0. The summed E-state index contributed by atoms with van der Waals surface area (Å²) in [4.78, 5) is 24.6. The van der Waals surface area contributed by atoms with E-state index in [1.807, 2.05) is 84.9 Å². The Balaban J connectivity index is 1.56. The van der Waals surface area contributed by atoms with Gasteiger partial charge < -0.3 is 10.4 Å². The van der Waals surface area contributed by atoms with E-state index >= 15 is 0 Å². The summed E-state index contributed by atoms with van der Waals surface area (Å²) in [7, 11) is 0. The number of rotatable bonds is 8. The molecule has 0 saturated heterocycles. The van der Waals surface area contributed by atoms with Crippen LogP contribution in [0.3, 0.4) is 0 Å². The summed E-state index contributed by atoms with van der Waals surface area (Å²) >= 11 is 0. The zero-order chi connectivity index (χ0) is 23.9. The third-order valence-corrected chi connectivity index (χ3v) is 5.90. The minimum atomic E-state index is -0.970. The molecule has 0 radical (unpaired) electrons. The molecule has 0 aliphatic heterocycles. The molecule has 0 fully saturated rings. The Hall–Kier alpha value is -4.18. The van der Waals surface area contributed by atoms with Crippen LogP contribution in [0.15, 0.2) is 103 Å². The lowest BCUT2D eigenvalue weighted by molar-refractivity contribution is -0.137. The summed E-state index contributed by atoms with van der Waals surface area (Å²) in [6, 6.07) is 32.7. The molecule has 1 unspecified atom stereocenters. The molecule has 4 rings (SSSR count). The summed E-state index contributed by atoms with van der Waals surface area (Å²) in [5.41, 5.74) is 6.59. The maximum Gasteiger partial charge on any atom is 0.305 e. The fourth-order valence-electron chi connectivity index (χ4n) is 4.02. The quantitative estimate of drug-likeness (QED) is 0.321. The van der Waals surface area contributed by atoms with Crippen LogP contribution in [-0.2, 0) is 11.2 Å². The molecule has 170 valence electrons. The second kappa shape index (κ2) is 10.6. The van der Waals surface area contributed by atoms with Crippen molar-refractivity contribution in [3.63, 3.8) is 0 Å². The zero-order valence-corrected chi connectivity index (χ0v) is 19.1. The van der Waals surface area contributed by atoms with Gasteiger partial charge in [0.25, 0.3) is 5.91 Å². The van der Waals surface area contributed by atoms with Gasteiger partial charge in [0.05, 0.1) is 12.5 Å². The molecule has 2 N–H and O–H groups in total. The largest absolute Gasteiger partial charge is 0.481 e. The van der Waals surface area contributed by atoms with Crippen molar-refractivity contribution in [3.8, 4) is 22.3 Å². The number of carbonyl (C=O) groups is 2. The van der Waals surface area contributed by atoms with Gasteiger partial charge in [0, 0.05) is 5.56 Å². The van der Waals surface area contributed by atoms with Crippen molar-refractivity contribution in [1.29, 1.82) is 0 Å². The van der Waals surface area contributed by atoms with Crippen molar-refractivity contribution >= 4 is 11.9 Å². The van der Waals surface area contributed by atoms with E-state index in [0.717, 1.165) is 34.2 Å². The van der Waals surface area contributed by atoms with E-state index in [4.69, 9.17) is 0 Å². The van der Waals surface area contributed by atoms with Crippen LogP contribution in [-0.4, -0.2) is 17.0 Å². The minimum Gasteiger partial charge on any atom is -0.481 e. The van der Waals surface area contributed by atoms with Crippen molar-refractivity contribution in [2.45, 2.75) is 25.8 Å². The highest BCUT2D eigenvalue weighted by Crippen LogP contribution is 2.25. The van der Waals surface area contributed by atoms with Crippen molar-refractivity contribution in [2.24, 2.45) is 0 Å². The molecule has 4 aromatic carbocycles. The predicted molar refractivity (Wildman–Crippen MR) is 136 cm³/mol. The molecule has 34 heavy (non-hydrogen) atoms. The van der Waals surface area contributed by atoms with Gasteiger partial charge in [-0.2, -0.15) is 0 Å². The van der Waals surface area contributed by atoms with Gasteiger partial charge in [0.1, 0.15) is 0 Å². The minimum absolute atomic E-state index is 0.200. The maximum absolute atomic E-state index is 13.1. The molecule has 4 aromatic rings. The Kier molecular flexibility index (Phi) is 7.19. The van der Waals surface area contributed by atoms with Crippen LogP contribution in [0, 0.1) is 0 Å². The lowest BCUT2D eigenvalue weighted by Crippen LogP contribution is -2.30. The van der Waals surface area contributed by atoms with E-state index in [9.17, 15) is 14.7 Å². The normalized spacial score (nSPS) is 11.6.